The molecule has 0 unspecified atom stereocenters. The molecule has 1 aliphatic carbocycles. The average molecular weight is 274 g/mol. The second kappa shape index (κ2) is 6.40. The van der Waals surface area contributed by atoms with E-state index in [-0.39, 0.29) is 5.91 Å². The number of aryl methyl sites for hydroxylation is 2. The maximum absolute atomic E-state index is 12.6. The van der Waals surface area contributed by atoms with Crippen LogP contribution in [-0.4, -0.2) is 37.0 Å². The lowest BCUT2D eigenvalue weighted by Gasteiger charge is -2.35. The maximum atomic E-state index is 12.6. The highest BCUT2D eigenvalue weighted by Gasteiger charge is 2.26. The van der Waals surface area contributed by atoms with Crippen LogP contribution in [0.15, 0.2) is 18.2 Å². The number of nitrogens with one attached hydrogen (secondary N) is 1. The van der Waals surface area contributed by atoms with Gasteiger partial charge in [-0.3, -0.25) is 4.79 Å². The molecule has 0 aromatic heterocycles. The predicted molar refractivity (Wildman–Crippen MR) is 83.1 cm³/mol. The fourth-order valence-electron chi connectivity index (χ4n) is 3.16. The molecule has 20 heavy (non-hydrogen) atoms. The van der Waals surface area contributed by atoms with Crippen LogP contribution in [0.25, 0.3) is 0 Å². The van der Waals surface area contributed by atoms with Crippen LogP contribution in [0, 0.1) is 13.8 Å². The lowest BCUT2D eigenvalue weighted by molar-refractivity contribution is 0.0685. The number of nitrogens with zero attached hydrogens (tertiary/aromatic N) is 1. The van der Waals surface area contributed by atoms with Gasteiger partial charge in [0.1, 0.15) is 0 Å². The molecule has 0 heterocycles. The van der Waals surface area contributed by atoms with Crippen molar-refractivity contribution in [3.05, 3.63) is 34.9 Å². The minimum absolute atomic E-state index is 0.162. The van der Waals surface area contributed by atoms with Crippen molar-refractivity contribution in [2.75, 3.05) is 14.1 Å². The monoisotopic (exact) mass is 274 g/mol. The summed E-state index contributed by atoms with van der Waals surface area (Å²) < 4.78 is 0. The van der Waals surface area contributed by atoms with E-state index in [1.807, 2.05) is 38.1 Å². The Morgan fingerprint density at radius 2 is 1.85 bits per heavy atom. The predicted octanol–water partition coefficient (Wildman–Crippen LogP) is 2.91. The molecule has 0 radical (unpaired) electrons. The van der Waals surface area contributed by atoms with Crippen LogP contribution in [-0.2, 0) is 0 Å². The molecule has 0 atom stereocenters. The Bertz CT molecular complexity index is 476. The molecule has 1 aromatic rings. The fourth-order valence-corrected chi connectivity index (χ4v) is 3.16. The molecule has 1 amide bonds. The molecule has 1 fully saturated rings. The molecule has 0 spiro atoms. The zero-order valence-corrected chi connectivity index (χ0v) is 13.1. The standard InChI is InChI=1S/C17H26N2O/c1-12-5-10-16(13(2)11-12)17(20)19(4)15-8-6-14(18-3)7-9-15/h5,10-11,14-15,18H,6-9H2,1-4H3. The summed E-state index contributed by atoms with van der Waals surface area (Å²) in [6.07, 6.45) is 4.51. The summed E-state index contributed by atoms with van der Waals surface area (Å²) >= 11 is 0. The number of carbonyl (C=O) groups excluding carboxylic acids is 1. The van der Waals surface area contributed by atoms with Crippen LogP contribution >= 0.6 is 0 Å². The second-order valence-corrected chi connectivity index (χ2v) is 6.03. The Morgan fingerprint density at radius 1 is 1.20 bits per heavy atom. The van der Waals surface area contributed by atoms with Gasteiger partial charge >= 0.3 is 0 Å². The van der Waals surface area contributed by atoms with Gasteiger partial charge in [-0.1, -0.05) is 17.7 Å². The maximum Gasteiger partial charge on any atom is 0.254 e. The molecular weight excluding hydrogens is 248 g/mol. The highest BCUT2D eigenvalue weighted by atomic mass is 16.2. The van der Waals surface area contributed by atoms with E-state index in [9.17, 15) is 4.79 Å². The largest absolute Gasteiger partial charge is 0.339 e. The van der Waals surface area contributed by atoms with Gasteiger partial charge in [0.25, 0.3) is 5.91 Å². The number of carbonyl (C=O) groups is 1. The molecule has 3 heteroatoms. The molecule has 110 valence electrons. The summed E-state index contributed by atoms with van der Waals surface area (Å²) in [6.45, 7) is 4.08. The van der Waals surface area contributed by atoms with Crippen LogP contribution < -0.4 is 5.32 Å². The van der Waals surface area contributed by atoms with E-state index < -0.39 is 0 Å². The minimum atomic E-state index is 0.162. The van der Waals surface area contributed by atoms with E-state index in [2.05, 4.69) is 18.3 Å². The Balaban J connectivity index is 2.05. The summed E-state index contributed by atoms with van der Waals surface area (Å²) in [7, 11) is 3.97. The van der Waals surface area contributed by atoms with E-state index in [0.29, 0.717) is 12.1 Å². The molecule has 0 bridgehead atoms. The Kier molecular flexibility index (Phi) is 4.81. The first-order valence-electron chi connectivity index (χ1n) is 7.54. The van der Waals surface area contributed by atoms with E-state index in [4.69, 9.17) is 0 Å². The van der Waals surface area contributed by atoms with Crippen LogP contribution in [0.4, 0.5) is 0 Å². The van der Waals surface area contributed by atoms with Crippen LogP contribution in [0.5, 0.6) is 0 Å². The molecule has 0 saturated heterocycles. The molecule has 1 aromatic carbocycles. The summed E-state index contributed by atoms with van der Waals surface area (Å²) in [5.41, 5.74) is 3.12. The Labute approximate surface area is 122 Å². The third kappa shape index (κ3) is 3.21. The van der Waals surface area contributed by atoms with Crippen molar-refractivity contribution in [1.29, 1.82) is 0 Å². The number of hydrogen-bond donors (Lipinski definition) is 1. The van der Waals surface area contributed by atoms with Gasteiger partial charge in [-0.2, -0.15) is 0 Å². The van der Waals surface area contributed by atoms with Gasteiger partial charge in [-0.15, -0.1) is 0 Å². The molecular formula is C17H26N2O. The van der Waals surface area contributed by atoms with Crippen LogP contribution in [0.3, 0.4) is 0 Å². The summed E-state index contributed by atoms with van der Waals surface area (Å²) in [5, 5.41) is 3.34. The summed E-state index contributed by atoms with van der Waals surface area (Å²) in [4.78, 5) is 14.6. The Morgan fingerprint density at radius 3 is 2.40 bits per heavy atom. The lowest BCUT2D eigenvalue weighted by Crippen LogP contribution is -2.42. The van der Waals surface area contributed by atoms with Gasteiger partial charge in [-0.05, 0) is 58.2 Å². The Hall–Kier alpha value is -1.35. The van der Waals surface area contributed by atoms with E-state index in [0.717, 1.165) is 36.8 Å². The zero-order valence-electron chi connectivity index (χ0n) is 13.1. The van der Waals surface area contributed by atoms with Crippen molar-refractivity contribution in [1.82, 2.24) is 10.2 Å². The fraction of sp³-hybridized carbons (Fsp3) is 0.588. The second-order valence-electron chi connectivity index (χ2n) is 6.03. The normalized spacial score (nSPS) is 22.6. The van der Waals surface area contributed by atoms with Crippen LogP contribution in [0.2, 0.25) is 0 Å². The minimum Gasteiger partial charge on any atom is -0.339 e. The number of amides is 1. The summed E-state index contributed by atoms with van der Waals surface area (Å²) in [5.74, 6) is 0.162. The highest BCUT2D eigenvalue weighted by molar-refractivity contribution is 5.95. The highest BCUT2D eigenvalue weighted by Crippen LogP contribution is 2.24. The first-order chi connectivity index (χ1) is 9.52. The van der Waals surface area contributed by atoms with Crippen molar-refractivity contribution < 1.29 is 4.79 Å². The van der Waals surface area contributed by atoms with Crippen LogP contribution in [0.1, 0.15) is 47.2 Å². The number of hydrogen-bond acceptors (Lipinski definition) is 2. The first-order valence-corrected chi connectivity index (χ1v) is 7.54. The van der Waals surface area contributed by atoms with Crippen molar-refractivity contribution in [3.63, 3.8) is 0 Å². The topological polar surface area (TPSA) is 32.3 Å². The van der Waals surface area contributed by atoms with Crippen molar-refractivity contribution in [3.8, 4) is 0 Å². The smallest absolute Gasteiger partial charge is 0.254 e. The molecule has 2 rings (SSSR count). The SMILES string of the molecule is CNC1CCC(N(C)C(=O)c2ccc(C)cc2C)CC1. The van der Waals surface area contributed by atoms with Gasteiger partial charge in [-0.25, -0.2) is 0 Å². The molecule has 1 N–H and O–H groups in total. The number of benzene rings is 1. The molecule has 1 saturated carbocycles. The zero-order chi connectivity index (χ0) is 14.7. The third-order valence-electron chi connectivity index (χ3n) is 4.59. The van der Waals surface area contributed by atoms with E-state index in [1.54, 1.807) is 0 Å². The molecule has 0 aliphatic heterocycles. The molecule has 1 aliphatic rings. The quantitative estimate of drug-likeness (QED) is 0.919. The van der Waals surface area contributed by atoms with Crippen molar-refractivity contribution >= 4 is 5.91 Å². The van der Waals surface area contributed by atoms with Gasteiger partial charge in [0.2, 0.25) is 0 Å². The third-order valence-corrected chi connectivity index (χ3v) is 4.59. The van der Waals surface area contributed by atoms with Gasteiger partial charge in [0, 0.05) is 24.7 Å². The van der Waals surface area contributed by atoms with Gasteiger partial charge in [0.15, 0.2) is 0 Å². The van der Waals surface area contributed by atoms with Gasteiger partial charge in [0.05, 0.1) is 0 Å². The van der Waals surface area contributed by atoms with Gasteiger partial charge < -0.3 is 10.2 Å². The number of rotatable bonds is 3. The first kappa shape index (κ1) is 15.0. The van der Waals surface area contributed by atoms with E-state index in [1.165, 1.54) is 5.56 Å². The molecule has 3 nitrogen and oxygen atoms in total. The average Bonchev–Trinajstić information content (AvgIpc) is 2.46. The van der Waals surface area contributed by atoms with E-state index >= 15 is 0 Å². The van der Waals surface area contributed by atoms with Crippen molar-refractivity contribution in [2.45, 2.75) is 51.6 Å². The van der Waals surface area contributed by atoms with Crippen molar-refractivity contribution in [2.24, 2.45) is 0 Å². The lowest BCUT2D eigenvalue weighted by atomic mass is 9.90. The summed E-state index contributed by atoms with van der Waals surface area (Å²) in [6, 6.07) is 7.07.